The van der Waals surface area contributed by atoms with Crippen LogP contribution in [0.1, 0.15) is 17.2 Å². The van der Waals surface area contributed by atoms with Gasteiger partial charge in [-0.05, 0) is 24.1 Å². The Morgan fingerprint density at radius 3 is 2.06 bits per heavy atom. The van der Waals surface area contributed by atoms with E-state index in [0.717, 1.165) is 18.2 Å². The fourth-order valence-electron chi connectivity index (χ4n) is 1.25. The highest BCUT2D eigenvalue weighted by Gasteiger charge is 2.61. The molecular weight excluding hydrogens is 248 g/mol. The van der Waals surface area contributed by atoms with Gasteiger partial charge in [-0.15, -0.1) is 0 Å². The molecule has 0 radical (unpaired) electrons. The Labute approximate surface area is 93.2 Å². The van der Waals surface area contributed by atoms with Crippen molar-refractivity contribution in [1.82, 2.24) is 0 Å². The highest BCUT2D eigenvalue weighted by atomic mass is 19.4. The summed E-state index contributed by atoms with van der Waals surface area (Å²) in [6, 6.07) is -0.0645. The van der Waals surface area contributed by atoms with Crippen molar-refractivity contribution in [2.75, 3.05) is 0 Å². The van der Waals surface area contributed by atoms with Crippen LogP contribution in [0.3, 0.4) is 0 Å². The van der Waals surface area contributed by atoms with Crippen molar-refractivity contribution in [1.29, 1.82) is 0 Å². The van der Waals surface area contributed by atoms with Crippen LogP contribution >= 0.6 is 0 Å². The molecule has 0 fully saturated rings. The normalized spacial score (nSPS) is 14.8. The van der Waals surface area contributed by atoms with E-state index in [1.807, 2.05) is 0 Å². The van der Waals surface area contributed by atoms with Crippen molar-refractivity contribution >= 4 is 0 Å². The molecule has 1 unspecified atom stereocenters. The van der Waals surface area contributed by atoms with Crippen LogP contribution in [0.4, 0.5) is 26.3 Å². The second-order valence-electron chi connectivity index (χ2n) is 3.61. The van der Waals surface area contributed by atoms with E-state index in [9.17, 15) is 26.3 Å². The van der Waals surface area contributed by atoms with E-state index in [2.05, 4.69) is 0 Å². The van der Waals surface area contributed by atoms with Crippen LogP contribution in [0.5, 0.6) is 0 Å². The van der Waals surface area contributed by atoms with Crippen LogP contribution in [-0.4, -0.2) is 12.1 Å². The third-order valence-corrected chi connectivity index (χ3v) is 2.31. The Hall–Kier alpha value is -1.24. The molecular formula is C10H9F6N. The maximum absolute atomic E-state index is 12.9. The molecule has 2 N–H and O–H groups in total. The molecule has 1 aromatic carbocycles. The average molecular weight is 257 g/mol. The quantitative estimate of drug-likeness (QED) is 0.808. The summed E-state index contributed by atoms with van der Waals surface area (Å²) in [6.45, 7) is 1.25. The Bertz CT molecular complexity index is 412. The molecule has 1 rings (SSSR count). The zero-order chi connectivity index (χ0) is 13.4. The van der Waals surface area contributed by atoms with E-state index in [1.165, 1.54) is 6.92 Å². The van der Waals surface area contributed by atoms with Gasteiger partial charge in [-0.1, -0.05) is 12.1 Å². The maximum atomic E-state index is 12.9. The van der Waals surface area contributed by atoms with E-state index >= 15 is 0 Å². The van der Waals surface area contributed by atoms with E-state index in [0.29, 0.717) is 0 Å². The average Bonchev–Trinajstić information content (AvgIpc) is 2.19. The van der Waals surface area contributed by atoms with Crippen molar-refractivity contribution in [3.05, 3.63) is 35.1 Å². The molecule has 0 bridgehead atoms. The summed E-state index contributed by atoms with van der Waals surface area (Å²) >= 11 is 0. The predicted octanol–water partition coefficient (Wildman–Crippen LogP) is 3.33. The minimum Gasteiger partial charge on any atom is -0.319 e. The number of hydrogen-bond acceptors (Lipinski definition) is 1. The van der Waals surface area contributed by atoms with Crippen molar-refractivity contribution in [3.63, 3.8) is 0 Å². The van der Waals surface area contributed by atoms with Gasteiger partial charge in [0.1, 0.15) is 11.9 Å². The Kier molecular flexibility index (Phi) is 3.42. The van der Waals surface area contributed by atoms with E-state index in [-0.39, 0.29) is 5.56 Å². The third kappa shape index (κ3) is 2.54. The summed E-state index contributed by atoms with van der Waals surface area (Å²) in [7, 11) is 0. The first-order valence-electron chi connectivity index (χ1n) is 4.53. The van der Waals surface area contributed by atoms with Gasteiger partial charge in [-0.25, -0.2) is 4.39 Å². The lowest BCUT2D eigenvalue weighted by molar-refractivity contribution is -0.291. The van der Waals surface area contributed by atoms with Gasteiger partial charge in [0, 0.05) is 0 Å². The topological polar surface area (TPSA) is 26.0 Å². The van der Waals surface area contributed by atoms with Crippen molar-refractivity contribution in [3.8, 4) is 0 Å². The number of hydrogen-bond donors (Lipinski definition) is 1. The highest BCUT2D eigenvalue weighted by molar-refractivity contribution is 5.28. The first-order valence-corrected chi connectivity index (χ1v) is 4.53. The number of alkyl halides is 5. The maximum Gasteiger partial charge on any atom is 0.455 e. The van der Waals surface area contributed by atoms with Gasteiger partial charge in [-0.2, -0.15) is 22.0 Å². The molecule has 96 valence electrons. The molecule has 1 aromatic rings. The van der Waals surface area contributed by atoms with Crippen LogP contribution in [0.15, 0.2) is 18.2 Å². The molecule has 0 saturated carbocycles. The molecule has 0 aliphatic heterocycles. The highest BCUT2D eigenvalue weighted by Crippen LogP contribution is 2.43. The number of halogens is 6. The smallest absolute Gasteiger partial charge is 0.319 e. The lowest BCUT2D eigenvalue weighted by atomic mass is 9.99. The van der Waals surface area contributed by atoms with E-state index in [1.54, 1.807) is 0 Å². The molecule has 0 aliphatic rings. The molecule has 0 saturated heterocycles. The van der Waals surface area contributed by atoms with Gasteiger partial charge < -0.3 is 5.73 Å². The van der Waals surface area contributed by atoms with E-state index < -0.39 is 29.5 Å². The largest absolute Gasteiger partial charge is 0.455 e. The van der Waals surface area contributed by atoms with Crippen molar-refractivity contribution in [2.45, 2.75) is 25.1 Å². The summed E-state index contributed by atoms with van der Waals surface area (Å²) in [4.78, 5) is 0. The summed E-state index contributed by atoms with van der Waals surface area (Å²) < 4.78 is 74.8. The van der Waals surface area contributed by atoms with Crippen LogP contribution in [0.2, 0.25) is 0 Å². The molecule has 0 spiro atoms. The lowest BCUT2D eigenvalue weighted by Gasteiger charge is -2.26. The number of aryl methyl sites for hydroxylation is 1. The van der Waals surface area contributed by atoms with Gasteiger partial charge in [0.15, 0.2) is 0 Å². The fraction of sp³-hybridized carbons (Fsp3) is 0.400. The second-order valence-corrected chi connectivity index (χ2v) is 3.61. The zero-order valence-electron chi connectivity index (χ0n) is 8.65. The fourth-order valence-corrected chi connectivity index (χ4v) is 1.25. The summed E-state index contributed by atoms with van der Waals surface area (Å²) in [5.41, 5.74) is 4.37. The van der Waals surface area contributed by atoms with Gasteiger partial charge in [0.25, 0.3) is 0 Å². The van der Waals surface area contributed by atoms with Crippen LogP contribution in [0, 0.1) is 12.7 Å². The number of nitrogens with two attached hydrogens (primary N) is 1. The molecule has 1 nitrogen and oxygen atoms in total. The first-order chi connectivity index (χ1) is 7.57. The zero-order valence-corrected chi connectivity index (χ0v) is 8.65. The molecule has 1 atom stereocenters. The van der Waals surface area contributed by atoms with Gasteiger partial charge in [0.2, 0.25) is 0 Å². The first kappa shape index (κ1) is 13.8. The van der Waals surface area contributed by atoms with Crippen LogP contribution in [-0.2, 0) is 0 Å². The Morgan fingerprint density at radius 2 is 1.65 bits per heavy atom. The molecule has 7 heteroatoms. The Balaban J connectivity index is 3.12. The minimum absolute atomic E-state index is 0.0454. The minimum atomic E-state index is -5.74. The standard InChI is InChI=1S/C10H9F6N/c1-5-4-6(2-3-7(5)11)8(17)9(12,13)10(14,15)16/h2-4,8H,17H2,1H3. The van der Waals surface area contributed by atoms with Gasteiger partial charge in [-0.3, -0.25) is 0 Å². The summed E-state index contributed by atoms with van der Waals surface area (Å²) in [5.74, 6) is -5.76. The van der Waals surface area contributed by atoms with Gasteiger partial charge in [0.05, 0.1) is 0 Å². The van der Waals surface area contributed by atoms with Gasteiger partial charge >= 0.3 is 12.1 Å². The number of benzene rings is 1. The predicted molar refractivity (Wildman–Crippen MR) is 49.1 cm³/mol. The number of rotatable bonds is 2. The second kappa shape index (κ2) is 4.21. The van der Waals surface area contributed by atoms with Crippen molar-refractivity contribution < 1.29 is 26.3 Å². The van der Waals surface area contributed by atoms with Crippen LogP contribution in [0.25, 0.3) is 0 Å². The van der Waals surface area contributed by atoms with Crippen LogP contribution < -0.4 is 5.73 Å². The summed E-state index contributed by atoms with van der Waals surface area (Å²) in [5, 5.41) is 0. The monoisotopic (exact) mass is 257 g/mol. The molecule has 0 heterocycles. The summed E-state index contributed by atoms with van der Waals surface area (Å²) in [6.07, 6.45) is -5.74. The third-order valence-electron chi connectivity index (χ3n) is 2.31. The SMILES string of the molecule is Cc1cc(C(N)C(F)(F)C(F)(F)F)ccc1F. The molecule has 0 amide bonds. The molecule has 0 aromatic heterocycles. The molecule has 17 heavy (non-hydrogen) atoms. The Morgan fingerprint density at radius 1 is 1.12 bits per heavy atom. The van der Waals surface area contributed by atoms with Crippen molar-refractivity contribution in [2.24, 2.45) is 5.73 Å². The molecule has 0 aliphatic carbocycles. The van der Waals surface area contributed by atoms with E-state index in [4.69, 9.17) is 5.73 Å². The lowest BCUT2D eigenvalue weighted by Crippen LogP contribution is -2.45.